The quantitative estimate of drug-likeness (QED) is 0.851. The highest BCUT2D eigenvalue weighted by molar-refractivity contribution is 5.78. The Balaban J connectivity index is 1.58. The topological polar surface area (TPSA) is 45.2 Å². The van der Waals surface area contributed by atoms with E-state index >= 15 is 0 Å². The summed E-state index contributed by atoms with van der Waals surface area (Å²) in [5, 5.41) is 3.04. The third kappa shape index (κ3) is 4.20. The molecule has 24 heavy (non-hydrogen) atoms. The van der Waals surface area contributed by atoms with Gasteiger partial charge in [0.1, 0.15) is 0 Å². The van der Waals surface area contributed by atoms with Gasteiger partial charge in [0.15, 0.2) is 0 Å². The Morgan fingerprint density at radius 2 is 2.00 bits per heavy atom. The van der Waals surface area contributed by atoms with Crippen LogP contribution in [0.3, 0.4) is 0 Å². The summed E-state index contributed by atoms with van der Waals surface area (Å²) in [5.41, 5.74) is 3.43. The fourth-order valence-electron chi connectivity index (χ4n) is 3.17. The molecule has 1 heterocycles. The molecule has 0 radical (unpaired) electrons. The summed E-state index contributed by atoms with van der Waals surface area (Å²) >= 11 is 0. The molecule has 1 N–H and O–H groups in total. The van der Waals surface area contributed by atoms with Gasteiger partial charge in [-0.1, -0.05) is 30.3 Å². The van der Waals surface area contributed by atoms with Crippen LogP contribution in [-0.4, -0.2) is 29.4 Å². The molecular formula is C20H25N3O. The van der Waals surface area contributed by atoms with Crippen molar-refractivity contribution in [2.75, 3.05) is 13.6 Å². The Kier molecular flexibility index (Phi) is 5.26. The first-order valence-corrected chi connectivity index (χ1v) is 8.57. The Morgan fingerprint density at radius 1 is 1.25 bits per heavy atom. The molecule has 4 heteroatoms. The molecular weight excluding hydrogens is 298 g/mol. The lowest BCUT2D eigenvalue weighted by Crippen LogP contribution is -2.37. The number of likely N-dealkylation sites (N-methyl/N-ethyl adjacent to an activating group) is 1. The van der Waals surface area contributed by atoms with E-state index in [9.17, 15) is 4.79 Å². The Bertz CT molecular complexity index is 682. The molecule has 1 saturated carbocycles. The molecule has 1 unspecified atom stereocenters. The van der Waals surface area contributed by atoms with Crippen molar-refractivity contribution in [2.45, 2.75) is 32.4 Å². The lowest BCUT2D eigenvalue weighted by Gasteiger charge is -2.27. The van der Waals surface area contributed by atoms with Gasteiger partial charge in [0.2, 0.25) is 5.91 Å². The van der Waals surface area contributed by atoms with Crippen LogP contribution in [0.25, 0.3) is 0 Å². The smallest absolute Gasteiger partial charge is 0.234 e. The van der Waals surface area contributed by atoms with E-state index in [4.69, 9.17) is 0 Å². The summed E-state index contributed by atoms with van der Waals surface area (Å²) in [7, 11) is 2.02. The number of pyridine rings is 1. The number of hydrogen-bond donors (Lipinski definition) is 1. The van der Waals surface area contributed by atoms with E-state index < -0.39 is 0 Å². The Morgan fingerprint density at radius 3 is 2.67 bits per heavy atom. The first kappa shape index (κ1) is 16.7. The van der Waals surface area contributed by atoms with Gasteiger partial charge in [-0.3, -0.25) is 14.7 Å². The molecule has 1 aromatic carbocycles. The van der Waals surface area contributed by atoms with Crippen molar-refractivity contribution in [3.8, 4) is 0 Å². The third-order valence-electron chi connectivity index (χ3n) is 4.66. The van der Waals surface area contributed by atoms with E-state index in [2.05, 4.69) is 40.3 Å². The minimum Gasteiger partial charge on any atom is -0.351 e. The summed E-state index contributed by atoms with van der Waals surface area (Å²) in [6.45, 7) is 3.04. The van der Waals surface area contributed by atoms with Gasteiger partial charge < -0.3 is 5.32 Å². The number of aryl methyl sites for hydroxylation is 1. The summed E-state index contributed by atoms with van der Waals surface area (Å²) in [5.74, 6) is 0.677. The van der Waals surface area contributed by atoms with Crippen molar-refractivity contribution in [2.24, 2.45) is 5.92 Å². The first-order valence-electron chi connectivity index (χ1n) is 8.57. The van der Waals surface area contributed by atoms with E-state index in [-0.39, 0.29) is 11.9 Å². The maximum Gasteiger partial charge on any atom is 0.234 e. The van der Waals surface area contributed by atoms with Crippen LogP contribution in [0, 0.1) is 12.8 Å². The van der Waals surface area contributed by atoms with Crippen molar-refractivity contribution in [1.29, 1.82) is 0 Å². The molecule has 1 aliphatic rings. The van der Waals surface area contributed by atoms with E-state index in [0.29, 0.717) is 19.0 Å². The van der Waals surface area contributed by atoms with Gasteiger partial charge in [-0.25, -0.2) is 0 Å². The second kappa shape index (κ2) is 7.58. The zero-order valence-electron chi connectivity index (χ0n) is 14.4. The van der Waals surface area contributed by atoms with Crippen LogP contribution in [0.2, 0.25) is 0 Å². The van der Waals surface area contributed by atoms with Gasteiger partial charge in [-0.2, -0.15) is 0 Å². The van der Waals surface area contributed by atoms with E-state index in [1.54, 1.807) is 0 Å². The first-order chi connectivity index (χ1) is 11.6. The second-order valence-corrected chi connectivity index (χ2v) is 6.66. The second-order valence-electron chi connectivity index (χ2n) is 6.66. The Labute approximate surface area is 143 Å². The molecule has 0 saturated heterocycles. The third-order valence-corrected chi connectivity index (χ3v) is 4.66. The highest BCUT2D eigenvalue weighted by Gasteiger charge is 2.36. The standard InChI is InChI=1S/C20H25N3O/c1-15-7-3-4-8-17(15)13-22-19(24)14-23(2)20(16-10-11-16)18-9-5-6-12-21-18/h3-9,12,16,20H,10-11,13-14H2,1-2H3,(H,22,24). The lowest BCUT2D eigenvalue weighted by atomic mass is 10.1. The zero-order chi connectivity index (χ0) is 16.9. The van der Waals surface area contributed by atoms with Gasteiger partial charge in [0, 0.05) is 12.7 Å². The van der Waals surface area contributed by atoms with E-state index in [1.165, 1.54) is 18.4 Å². The fourth-order valence-corrected chi connectivity index (χ4v) is 3.17. The van der Waals surface area contributed by atoms with Gasteiger partial charge in [-0.05, 0) is 56.0 Å². The molecule has 0 bridgehead atoms. The van der Waals surface area contributed by atoms with Crippen LogP contribution in [0.5, 0.6) is 0 Å². The highest BCUT2D eigenvalue weighted by Crippen LogP contribution is 2.43. The van der Waals surface area contributed by atoms with E-state index in [0.717, 1.165) is 11.3 Å². The molecule has 1 atom stereocenters. The molecule has 2 aromatic rings. The normalized spacial score (nSPS) is 15.3. The van der Waals surface area contributed by atoms with Crippen molar-refractivity contribution < 1.29 is 4.79 Å². The van der Waals surface area contributed by atoms with Gasteiger partial charge in [0.25, 0.3) is 0 Å². The number of amides is 1. The van der Waals surface area contributed by atoms with Crippen LogP contribution in [0.15, 0.2) is 48.7 Å². The molecule has 1 amide bonds. The van der Waals surface area contributed by atoms with E-state index in [1.807, 2.05) is 37.5 Å². The molecule has 1 aromatic heterocycles. The monoisotopic (exact) mass is 323 g/mol. The molecule has 126 valence electrons. The van der Waals surface area contributed by atoms with Crippen molar-refractivity contribution in [3.05, 3.63) is 65.5 Å². The van der Waals surface area contributed by atoms with Crippen LogP contribution in [0.1, 0.15) is 35.7 Å². The summed E-state index contributed by atoms with van der Waals surface area (Å²) in [6.07, 6.45) is 4.27. The number of carbonyl (C=O) groups excluding carboxylic acids is 1. The molecule has 4 nitrogen and oxygen atoms in total. The van der Waals surface area contributed by atoms with Crippen LogP contribution in [-0.2, 0) is 11.3 Å². The summed E-state index contributed by atoms with van der Waals surface area (Å²) < 4.78 is 0. The number of hydrogen-bond acceptors (Lipinski definition) is 3. The number of nitrogens with zero attached hydrogens (tertiary/aromatic N) is 2. The predicted molar refractivity (Wildman–Crippen MR) is 95.4 cm³/mol. The fraction of sp³-hybridized carbons (Fsp3) is 0.400. The molecule has 1 aliphatic carbocycles. The molecule has 1 fully saturated rings. The van der Waals surface area contributed by atoms with Crippen LogP contribution < -0.4 is 5.32 Å². The summed E-state index contributed by atoms with van der Waals surface area (Å²) in [6, 6.07) is 14.4. The predicted octanol–water partition coefficient (Wildman–Crippen LogP) is 3.09. The maximum absolute atomic E-state index is 12.3. The minimum atomic E-state index is 0.0577. The number of benzene rings is 1. The van der Waals surface area contributed by atoms with Crippen molar-refractivity contribution in [1.82, 2.24) is 15.2 Å². The number of rotatable bonds is 7. The van der Waals surface area contributed by atoms with Crippen molar-refractivity contribution >= 4 is 5.91 Å². The summed E-state index contributed by atoms with van der Waals surface area (Å²) in [4.78, 5) is 19.0. The highest BCUT2D eigenvalue weighted by atomic mass is 16.2. The SMILES string of the molecule is Cc1ccccc1CNC(=O)CN(C)C(c1ccccn1)C1CC1. The lowest BCUT2D eigenvalue weighted by molar-refractivity contribution is -0.122. The minimum absolute atomic E-state index is 0.0577. The van der Waals surface area contributed by atoms with Gasteiger partial charge in [0.05, 0.1) is 18.3 Å². The largest absolute Gasteiger partial charge is 0.351 e. The Hall–Kier alpha value is -2.20. The maximum atomic E-state index is 12.3. The van der Waals surface area contributed by atoms with Crippen molar-refractivity contribution in [3.63, 3.8) is 0 Å². The number of nitrogens with one attached hydrogen (secondary N) is 1. The van der Waals surface area contributed by atoms with Crippen LogP contribution in [0.4, 0.5) is 0 Å². The molecule has 0 spiro atoms. The van der Waals surface area contributed by atoms with Crippen LogP contribution >= 0.6 is 0 Å². The number of carbonyl (C=O) groups is 1. The molecule has 3 rings (SSSR count). The molecule has 0 aliphatic heterocycles. The average Bonchev–Trinajstić information content (AvgIpc) is 3.40. The van der Waals surface area contributed by atoms with Gasteiger partial charge in [-0.15, -0.1) is 0 Å². The average molecular weight is 323 g/mol. The zero-order valence-corrected chi connectivity index (χ0v) is 14.4. The number of aromatic nitrogens is 1. The van der Waals surface area contributed by atoms with Gasteiger partial charge >= 0.3 is 0 Å².